The van der Waals surface area contributed by atoms with E-state index in [0.717, 1.165) is 6.54 Å². The Morgan fingerprint density at radius 1 is 1.35 bits per heavy atom. The molecule has 1 aromatic rings. The van der Waals surface area contributed by atoms with Crippen molar-refractivity contribution in [3.05, 3.63) is 15.6 Å². The molecular formula is C13H23N3S. The maximum atomic E-state index is 4.47. The van der Waals surface area contributed by atoms with E-state index >= 15 is 0 Å². The summed E-state index contributed by atoms with van der Waals surface area (Å²) in [7, 11) is 0. The average Bonchev–Trinajstić information content (AvgIpc) is 2.66. The topological polar surface area (TPSA) is 28.2 Å². The van der Waals surface area contributed by atoms with E-state index in [2.05, 4.69) is 36.0 Å². The lowest BCUT2D eigenvalue weighted by atomic mass is 10.1. The van der Waals surface area contributed by atoms with Crippen molar-refractivity contribution in [3.63, 3.8) is 0 Å². The Hall–Kier alpha value is -0.450. The Morgan fingerprint density at radius 3 is 2.59 bits per heavy atom. The molecule has 4 heteroatoms. The van der Waals surface area contributed by atoms with Gasteiger partial charge in [-0.2, -0.15) is 0 Å². The molecule has 2 rings (SSSR count). The van der Waals surface area contributed by atoms with Crippen LogP contribution >= 0.6 is 11.3 Å². The van der Waals surface area contributed by atoms with Crippen LogP contribution in [0.1, 0.15) is 35.3 Å². The minimum atomic E-state index is 0.694. The average molecular weight is 253 g/mol. The maximum Gasteiger partial charge on any atom is 0.0900 e. The first-order valence-electron chi connectivity index (χ1n) is 6.57. The fourth-order valence-corrected chi connectivity index (χ4v) is 3.32. The van der Waals surface area contributed by atoms with E-state index < -0.39 is 0 Å². The van der Waals surface area contributed by atoms with Crippen molar-refractivity contribution in [1.82, 2.24) is 15.2 Å². The summed E-state index contributed by atoms with van der Waals surface area (Å²) in [6.45, 7) is 11.1. The molecule has 0 amide bonds. The number of nitrogens with one attached hydrogen (secondary N) is 1. The number of thiazole rings is 1. The normalized spacial score (nSPS) is 18.8. The van der Waals surface area contributed by atoms with Crippen LogP contribution in [0.15, 0.2) is 0 Å². The maximum absolute atomic E-state index is 4.47. The number of nitrogens with zero attached hydrogens (tertiary/aromatic N) is 2. The standard InChI is InChI=1S/C13H23N3S/c1-4-16-7-5-12(6-8-16)14-9-13-10(2)15-11(3)17-13/h12,14H,4-9H2,1-3H3. The lowest BCUT2D eigenvalue weighted by Gasteiger charge is -2.31. The van der Waals surface area contributed by atoms with Crippen molar-refractivity contribution in [2.24, 2.45) is 0 Å². The third-order valence-corrected chi connectivity index (χ3v) is 4.66. The van der Waals surface area contributed by atoms with Crippen molar-refractivity contribution in [2.45, 2.75) is 46.2 Å². The molecule has 0 aliphatic carbocycles. The van der Waals surface area contributed by atoms with Gasteiger partial charge in [0, 0.05) is 17.5 Å². The highest BCUT2D eigenvalue weighted by atomic mass is 32.1. The summed E-state index contributed by atoms with van der Waals surface area (Å²) in [4.78, 5) is 8.40. The highest BCUT2D eigenvalue weighted by Gasteiger charge is 2.17. The van der Waals surface area contributed by atoms with Gasteiger partial charge >= 0.3 is 0 Å². The zero-order chi connectivity index (χ0) is 12.3. The van der Waals surface area contributed by atoms with Gasteiger partial charge in [-0.1, -0.05) is 6.92 Å². The van der Waals surface area contributed by atoms with Crippen molar-refractivity contribution < 1.29 is 0 Å². The van der Waals surface area contributed by atoms with Gasteiger partial charge in [0.15, 0.2) is 0 Å². The van der Waals surface area contributed by atoms with Crippen LogP contribution < -0.4 is 5.32 Å². The second kappa shape index (κ2) is 5.94. The van der Waals surface area contributed by atoms with Gasteiger partial charge in [0.25, 0.3) is 0 Å². The third kappa shape index (κ3) is 3.50. The van der Waals surface area contributed by atoms with Gasteiger partial charge in [0.2, 0.25) is 0 Å². The summed E-state index contributed by atoms with van der Waals surface area (Å²) in [5, 5.41) is 4.86. The molecule has 17 heavy (non-hydrogen) atoms. The molecule has 1 aromatic heterocycles. The molecule has 0 radical (unpaired) electrons. The first kappa shape index (κ1) is 13.0. The second-order valence-corrected chi connectivity index (χ2v) is 6.12. The fraction of sp³-hybridized carbons (Fsp3) is 0.769. The quantitative estimate of drug-likeness (QED) is 0.892. The van der Waals surface area contributed by atoms with E-state index in [-0.39, 0.29) is 0 Å². The van der Waals surface area contributed by atoms with E-state index in [1.54, 1.807) is 0 Å². The van der Waals surface area contributed by atoms with Gasteiger partial charge in [0.05, 0.1) is 10.7 Å². The number of rotatable bonds is 4. The summed E-state index contributed by atoms with van der Waals surface area (Å²) < 4.78 is 0. The number of aromatic nitrogens is 1. The number of aryl methyl sites for hydroxylation is 2. The molecule has 1 aliphatic rings. The van der Waals surface area contributed by atoms with Crippen LogP contribution in [0.2, 0.25) is 0 Å². The molecule has 96 valence electrons. The van der Waals surface area contributed by atoms with Crippen LogP contribution in [-0.4, -0.2) is 35.6 Å². The van der Waals surface area contributed by atoms with Crippen LogP contribution in [-0.2, 0) is 6.54 Å². The Labute approximate surface area is 108 Å². The zero-order valence-electron chi connectivity index (χ0n) is 11.1. The SMILES string of the molecule is CCN1CCC(NCc2sc(C)nc2C)CC1. The van der Waals surface area contributed by atoms with E-state index in [1.165, 1.54) is 48.1 Å². The molecule has 0 unspecified atom stereocenters. The molecule has 3 nitrogen and oxygen atoms in total. The Balaban J connectivity index is 1.77. The summed E-state index contributed by atoms with van der Waals surface area (Å²) in [5.74, 6) is 0. The smallest absolute Gasteiger partial charge is 0.0900 e. The lowest BCUT2D eigenvalue weighted by Crippen LogP contribution is -2.42. The molecule has 0 bridgehead atoms. The fourth-order valence-electron chi connectivity index (χ4n) is 2.43. The summed E-state index contributed by atoms with van der Waals surface area (Å²) in [6, 6.07) is 0.694. The molecule has 1 saturated heterocycles. The highest BCUT2D eigenvalue weighted by molar-refractivity contribution is 7.11. The molecule has 1 N–H and O–H groups in total. The number of likely N-dealkylation sites (tertiary alicyclic amines) is 1. The lowest BCUT2D eigenvalue weighted by molar-refractivity contribution is 0.206. The molecule has 0 aromatic carbocycles. The van der Waals surface area contributed by atoms with Gasteiger partial charge in [0.1, 0.15) is 0 Å². The van der Waals surface area contributed by atoms with Crippen molar-refractivity contribution in [1.29, 1.82) is 0 Å². The largest absolute Gasteiger partial charge is 0.309 e. The Kier molecular flexibility index (Phi) is 4.54. The predicted molar refractivity (Wildman–Crippen MR) is 73.6 cm³/mol. The van der Waals surface area contributed by atoms with Gasteiger partial charge in [-0.15, -0.1) is 11.3 Å². The van der Waals surface area contributed by atoms with Crippen molar-refractivity contribution >= 4 is 11.3 Å². The monoisotopic (exact) mass is 253 g/mol. The van der Waals surface area contributed by atoms with Gasteiger partial charge in [-0.3, -0.25) is 0 Å². The van der Waals surface area contributed by atoms with Gasteiger partial charge in [-0.25, -0.2) is 4.98 Å². The van der Waals surface area contributed by atoms with Crippen molar-refractivity contribution in [3.8, 4) is 0 Å². The summed E-state index contributed by atoms with van der Waals surface area (Å²) >= 11 is 1.82. The number of hydrogen-bond acceptors (Lipinski definition) is 4. The molecular weight excluding hydrogens is 230 g/mol. The molecule has 0 saturated carbocycles. The zero-order valence-corrected chi connectivity index (χ0v) is 11.9. The van der Waals surface area contributed by atoms with Crippen molar-refractivity contribution in [2.75, 3.05) is 19.6 Å². The van der Waals surface area contributed by atoms with Crippen LogP contribution in [0.25, 0.3) is 0 Å². The minimum Gasteiger partial charge on any atom is -0.309 e. The molecule has 1 fully saturated rings. The number of piperidine rings is 1. The number of hydrogen-bond donors (Lipinski definition) is 1. The minimum absolute atomic E-state index is 0.694. The van der Waals surface area contributed by atoms with E-state index in [9.17, 15) is 0 Å². The summed E-state index contributed by atoms with van der Waals surface area (Å²) in [6.07, 6.45) is 2.56. The van der Waals surface area contributed by atoms with Gasteiger partial charge < -0.3 is 10.2 Å². The van der Waals surface area contributed by atoms with Crippen LogP contribution in [0, 0.1) is 13.8 Å². The van der Waals surface area contributed by atoms with Gasteiger partial charge in [-0.05, 0) is 46.3 Å². The predicted octanol–water partition coefficient (Wildman–Crippen LogP) is 2.33. The third-order valence-electron chi connectivity index (χ3n) is 3.59. The molecule has 0 atom stereocenters. The van der Waals surface area contributed by atoms with E-state index in [0.29, 0.717) is 6.04 Å². The molecule has 0 spiro atoms. The van der Waals surface area contributed by atoms with Crippen LogP contribution in [0.3, 0.4) is 0 Å². The molecule has 2 heterocycles. The summed E-state index contributed by atoms with van der Waals surface area (Å²) in [5.41, 5.74) is 1.20. The van der Waals surface area contributed by atoms with Crippen LogP contribution in [0.5, 0.6) is 0 Å². The Morgan fingerprint density at radius 2 is 2.06 bits per heavy atom. The Bertz CT molecular complexity index is 354. The van der Waals surface area contributed by atoms with E-state index in [1.807, 2.05) is 11.3 Å². The first-order valence-corrected chi connectivity index (χ1v) is 7.39. The second-order valence-electron chi connectivity index (χ2n) is 4.83. The first-order chi connectivity index (χ1) is 8.19. The molecule has 1 aliphatic heterocycles. The van der Waals surface area contributed by atoms with E-state index in [4.69, 9.17) is 0 Å². The van der Waals surface area contributed by atoms with Crippen LogP contribution in [0.4, 0.5) is 0 Å². The highest BCUT2D eigenvalue weighted by Crippen LogP contribution is 2.18.